The topological polar surface area (TPSA) is 43.5 Å². The number of aromatic nitrogens is 1. The van der Waals surface area contributed by atoms with Gasteiger partial charge in [-0.05, 0) is 13.0 Å². The van der Waals surface area contributed by atoms with Crippen molar-refractivity contribution in [2.45, 2.75) is 6.92 Å². The molecule has 0 atom stereocenters. The maximum atomic E-state index is 11.1. The summed E-state index contributed by atoms with van der Waals surface area (Å²) in [5, 5.41) is 0. The molecule has 1 rings (SSSR count). The highest BCUT2D eigenvalue weighted by Crippen LogP contribution is 2.12. The summed E-state index contributed by atoms with van der Waals surface area (Å²) in [6, 6.07) is 1.46. The fourth-order valence-electron chi connectivity index (χ4n) is 0.815. The Morgan fingerprint density at radius 2 is 2.46 bits per heavy atom. The summed E-state index contributed by atoms with van der Waals surface area (Å²) in [4.78, 5) is 18.0. The number of ether oxygens (including phenoxy) is 1. The van der Waals surface area contributed by atoms with E-state index in [0.29, 0.717) is 17.9 Å². The Morgan fingerprint density at radius 1 is 1.69 bits per heavy atom. The molecule has 66 valence electrons. The average Bonchev–Trinajstić information content (AvgIpc) is 2.18. The Hall–Kier alpha value is -1.89. The molecule has 4 nitrogen and oxygen atoms in total. The molecule has 0 fully saturated rings. The summed E-state index contributed by atoms with van der Waals surface area (Å²) < 4.78 is 4.75. The van der Waals surface area contributed by atoms with Crippen LogP contribution in [-0.4, -0.2) is 17.6 Å². The van der Waals surface area contributed by atoms with Crippen molar-refractivity contribution in [3.63, 3.8) is 0 Å². The Bertz CT molecular complexity index is 355. The predicted octanol–water partition coefficient (Wildman–Crippen LogP) is 1.81. The third kappa shape index (κ3) is 2.27. The summed E-state index contributed by atoms with van der Waals surface area (Å²) in [5.74, 6) is -0.444. The van der Waals surface area contributed by atoms with Gasteiger partial charge >= 0.3 is 5.97 Å². The molecule has 1 aromatic rings. The van der Waals surface area contributed by atoms with Crippen molar-refractivity contribution >= 4 is 11.7 Å². The lowest BCUT2D eigenvalue weighted by Crippen LogP contribution is -2.04. The highest BCUT2D eigenvalue weighted by Gasteiger charge is 2.06. The van der Waals surface area contributed by atoms with E-state index in [1.165, 1.54) is 18.5 Å². The van der Waals surface area contributed by atoms with E-state index in [1.54, 1.807) is 6.92 Å². The molecule has 1 aromatic heterocycles. The van der Waals surface area contributed by atoms with Gasteiger partial charge in [-0.15, -0.1) is 0 Å². The van der Waals surface area contributed by atoms with Gasteiger partial charge in [0, 0.05) is 12.4 Å². The van der Waals surface area contributed by atoms with E-state index in [4.69, 9.17) is 11.3 Å². The number of hydrogen-bond donors (Lipinski definition) is 0. The monoisotopic (exact) mass is 176 g/mol. The van der Waals surface area contributed by atoms with E-state index < -0.39 is 5.97 Å². The number of rotatable bonds is 2. The van der Waals surface area contributed by atoms with E-state index in [2.05, 4.69) is 9.83 Å². The number of carbonyl (C=O) groups excluding carboxylic acids is 1. The van der Waals surface area contributed by atoms with Crippen molar-refractivity contribution in [2.24, 2.45) is 0 Å². The number of pyridine rings is 1. The standard InChI is InChI=1S/C9H8N2O2/c1-3-13-9(12)7-4-8(10-2)6-11-5-7/h4-6H,3H2,1H3. The molecule has 1 heterocycles. The molecule has 4 heteroatoms. The molecule has 0 bridgehead atoms. The first-order valence-electron chi connectivity index (χ1n) is 3.77. The minimum absolute atomic E-state index is 0.315. The second kappa shape index (κ2) is 4.21. The highest BCUT2D eigenvalue weighted by molar-refractivity contribution is 5.90. The fraction of sp³-hybridized carbons (Fsp3) is 0.222. The van der Waals surface area contributed by atoms with Gasteiger partial charge in [-0.3, -0.25) is 4.98 Å². The van der Waals surface area contributed by atoms with Crippen molar-refractivity contribution in [3.8, 4) is 0 Å². The van der Waals surface area contributed by atoms with Gasteiger partial charge in [0.15, 0.2) is 0 Å². The minimum atomic E-state index is -0.444. The number of carbonyl (C=O) groups is 1. The Kier molecular flexibility index (Phi) is 2.98. The van der Waals surface area contributed by atoms with Gasteiger partial charge in [0.05, 0.1) is 18.7 Å². The first-order valence-corrected chi connectivity index (χ1v) is 3.77. The second-order valence-corrected chi connectivity index (χ2v) is 2.26. The normalized spacial score (nSPS) is 8.92. The van der Waals surface area contributed by atoms with Crippen LogP contribution in [0.4, 0.5) is 5.69 Å². The molecular weight excluding hydrogens is 168 g/mol. The van der Waals surface area contributed by atoms with Gasteiger partial charge < -0.3 is 4.74 Å². The molecule has 0 aromatic carbocycles. The van der Waals surface area contributed by atoms with Crippen molar-refractivity contribution in [1.29, 1.82) is 0 Å². The van der Waals surface area contributed by atoms with Crippen LogP contribution in [0.25, 0.3) is 4.85 Å². The van der Waals surface area contributed by atoms with E-state index >= 15 is 0 Å². The van der Waals surface area contributed by atoms with E-state index in [9.17, 15) is 4.79 Å². The van der Waals surface area contributed by atoms with Gasteiger partial charge in [-0.2, -0.15) is 0 Å². The summed E-state index contributed by atoms with van der Waals surface area (Å²) in [6.45, 7) is 8.76. The molecule has 0 radical (unpaired) electrons. The minimum Gasteiger partial charge on any atom is -0.462 e. The van der Waals surface area contributed by atoms with Crippen LogP contribution in [0.2, 0.25) is 0 Å². The zero-order chi connectivity index (χ0) is 9.68. The van der Waals surface area contributed by atoms with E-state index in [0.717, 1.165) is 0 Å². The maximum absolute atomic E-state index is 11.1. The lowest BCUT2D eigenvalue weighted by Gasteiger charge is -2.00. The van der Waals surface area contributed by atoms with Crippen LogP contribution in [0.3, 0.4) is 0 Å². The Morgan fingerprint density at radius 3 is 3.08 bits per heavy atom. The molecule has 0 saturated carbocycles. The lowest BCUT2D eigenvalue weighted by atomic mass is 10.3. The highest BCUT2D eigenvalue weighted by atomic mass is 16.5. The van der Waals surface area contributed by atoms with E-state index in [-0.39, 0.29) is 0 Å². The first-order chi connectivity index (χ1) is 6.27. The smallest absolute Gasteiger partial charge is 0.338 e. The SMILES string of the molecule is [C-]#[N+]c1cncc(C(=O)OCC)c1. The van der Waals surface area contributed by atoms with Gasteiger partial charge in [0.1, 0.15) is 0 Å². The molecule has 0 saturated heterocycles. The fourth-order valence-corrected chi connectivity index (χ4v) is 0.815. The number of esters is 1. The van der Waals surface area contributed by atoms with Gasteiger partial charge in [-0.1, -0.05) is 0 Å². The van der Waals surface area contributed by atoms with Crippen LogP contribution in [0, 0.1) is 6.57 Å². The molecule has 0 aliphatic carbocycles. The molecular formula is C9H8N2O2. The van der Waals surface area contributed by atoms with Crippen molar-refractivity contribution in [3.05, 3.63) is 35.4 Å². The third-order valence-corrected chi connectivity index (χ3v) is 1.36. The molecule has 0 aliphatic heterocycles. The zero-order valence-electron chi connectivity index (χ0n) is 7.15. The van der Waals surface area contributed by atoms with Crippen molar-refractivity contribution in [1.82, 2.24) is 4.98 Å². The van der Waals surface area contributed by atoms with Crippen LogP contribution in [0.5, 0.6) is 0 Å². The zero-order valence-corrected chi connectivity index (χ0v) is 7.15. The van der Waals surface area contributed by atoms with Crippen LogP contribution in [-0.2, 0) is 4.74 Å². The van der Waals surface area contributed by atoms with Crippen LogP contribution in [0.15, 0.2) is 18.5 Å². The van der Waals surface area contributed by atoms with Gasteiger partial charge in [0.25, 0.3) is 0 Å². The third-order valence-electron chi connectivity index (χ3n) is 1.36. The molecule has 0 spiro atoms. The summed E-state index contributed by atoms with van der Waals surface area (Å²) in [6.07, 6.45) is 2.78. The Balaban J connectivity index is 2.90. The van der Waals surface area contributed by atoms with Crippen LogP contribution in [0.1, 0.15) is 17.3 Å². The van der Waals surface area contributed by atoms with Gasteiger partial charge in [0.2, 0.25) is 5.69 Å². The average molecular weight is 176 g/mol. The summed E-state index contributed by atoms with van der Waals surface area (Å²) in [5.41, 5.74) is 0.654. The number of hydrogen-bond acceptors (Lipinski definition) is 3. The predicted molar refractivity (Wildman–Crippen MR) is 46.5 cm³/mol. The molecule has 0 unspecified atom stereocenters. The van der Waals surface area contributed by atoms with E-state index in [1.807, 2.05) is 0 Å². The van der Waals surface area contributed by atoms with Gasteiger partial charge in [-0.25, -0.2) is 9.64 Å². The Labute approximate surface area is 76.0 Å². The summed E-state index contributed by atoms with van der Waals surface area (Å²) in [7, 11) is 0. The number of nitrogens with zero attached hydrogens (tertiary/aromatic N) is 2. The van der Waals surface area contributed by atoms with Crippen LogP contribution >= 0.6 is 0 Å². The first kappa shape index (κ1) is 9.20. The second-order valence-electron chi connectivity index (χ2n) is 2.26. The molecule has 0 N–H and O–H groups in total. The van der Waals surface area contributed by atoms with Crippen molar-refractivity contribution < 1.29 is 9.53 Å². The molecule has 0 amide bonds. The largest absolute Gasteiger partial charge is 0.462 e. The van der Waals surface area contributed by atoms with Crippen molar-refractivity contribution in [2.75, 3.05) is 6.61 Å². The lowest BCUT2D eigenvalue weighted by molar-refractivity contribution is 0.0526. The maximum Gasteiger partial charge on any atom is 0.338 e. The molecule has 0 aliphatic rings. The summed E-state index contributed by atoms with van der Waals surface area (Å²) >= 11 is 0. The quantitative estimate of drug-likeness (QED) is 0.509. The molecule has 13 heavy (non-hydrogen) atoms. The van der Waals surface area contributed by atoms with Crippen LogP contribution < -0.4 is 0 Å².